The third kappa shape index (κ3) is 13.7. The minimum Gasteiger partial charge on any atom is -0.508 e. The van der Waals surface area contributed by atoms with Gasteiger partial charge in [0.1, 0.15) is 29.1 Å². The molecule has 0 aliphatic heterocycles. The summed E-state index contributed by atoms with van der Waals surface area (Å²) in [6, 6.07) is 32.4. The summed E-state index contributed by atoms with van der Waals surface area (Å²) >= 11 is 0. The van der Waals surface area contributed by atoms with E-state index in [0.717, 1.165) is 93.2 Å². The number of methoxy groups -OCH3 is 3. The van der Waals surface area contributed by atoms with E-state index in [9.17, 15) is 28.5 Å². The quantitative estimate of drug-likeness (QED) is 0.0298. The SMILES string of the molecule is COc1c(Nc2nc(Nc3cccc4[nH]ccc34)ncc2F)ccc(O)c1C.COc1ccc(Nc2nc(Nc3cccc4[nH]ccc34)ncc2F)c(OC)c1C.N[C@H]1CCC[C@@H](Oc2c(Nc3nc(Nc4cccc5[nH]ccc45)ncc3F)ccc(O)c2O)C1. The average Bonchev–Trinajstić information content (AvgIpc) is 1.94. The van der Waals surface area contributed by atoms with E-state index in [-0.39, 0.29) is 70.4 Å². The Balaban J connectivity index is 0.000000141. The van der Waals surface area contributed by atoms with Gasteiger partial charge in [0.15, 0.2) is 46.4 Å². The van der Waals surface area contributed by atoms with Gasteiger partial charge in [-0.3, -0.25) is 0 Å². The van der Waals surface area contributed by atoms with Crippen LogP contribution in [-0.2, 0) is 0 Å². The number of nitrogens with one attached hydrogen (secondary N) is 9. The van der Waals surface area contributed by atoms with Crippen molar-refractivity contribution >= 4 is 102 Å². The Hall–Kier alpha value is -11.7. The summed E-state index contributed by atoms with van der Waals surface area (Å²) in [7, 11) is 4.61. The lowest BCUT2D eigenvalue weighted by Gasteiger charge is -2.28. The van der Waals surface area contributed by atoms with E-state index in [0.29, 0.717) is 40.6 Å². The van der Waals surface area contributed by atoms with Gasteiger partial charge >= 0.3 is 0 Å². The number of anilines is 12. The Bertz CT molecular complexity index is 4570. The van der Waals surface area contributed by atoms with Crippen LogP contribution in [0, 0.1) is 31.3 Å². The van der Waals surface area contributed by atoms with Crippen molar-refractivity contribution in [1.82, 2.24) is 44.9 Å². The number of ether oxygens (including phenoxy) is 4. The van der Waals surface area contributed by atoms with Crippen LogP contribution in [0.2, 0.25) is 0 Å². The van der Waals surface area contributed by atoms with Gasteiger partial charge in [0.25, 0.3) is 0 Å². The van der Waals surface area contributed by atoms with Gasteiger partial charge in [-0.2, -0.15) is 15.0 Å². The fourth-order valence-corrected chi connectivity index (χ4v) is 10.4. The predicted octanol–water partition coefficient (Wildman–Crippen LogP) is 14.2. The molecule has 6 aromatic heterocycles. The molecule has 12 aromatic rings. The molecular weight excluding hydrogens is 1170 g/mol. The van der Waals surface area contributed by atoms with Crippen LogP contribution < -0.4 is 56.6 Å². The largest absolute Gasteiger partial charge is 0.508 e. The second-order valence-corrected chi connectivity index (χ2v) is 20.9. The van der Waals surface area contributed by atoms with Gasteiger partial charge in [0.2, 0.25) is 23.6 Å². The lowest BCUT2D eigenvalue weighted by molar-refractivity contribution is 0.140. The first-order valence-electron chi connectivity index (χ1n) is 28.6. The smallest absolute Gasteiger partial charge is 0.229 e. The van der Waals surface area contributed by atoms with Gasteiger partial charge < -0.3 is 86.9 Å². The summed E-state index contributed by atoms with van der Waals surface area (Å²) in [5, 5.41) is 51.3. The topological polar surface area (TPSA) is 321 Å². The van der Waals surface area contributed by atoms with Crippen LogP contribution in [0.5, 0.6) is 40.2 Å². The van der Waals surface area contributed by atoms with Gasteiger partial charge in [-0.05, 0) is 131 Å². The second kappa shape index (κ2) is 27.2. The van der Waals surface area contributed by atoms with Gasteiger partial charge in [0, 0.05) is 68.5 Å². The molecule has 1 aliphatic rings. The van der Waals surface area contributed by atoms with E-state index in [4.69, 9.17) is 24.7 Å². The molecule has 14 N–H and O–H groups in total. The monoisotopic (exact) mass is 1240 g/mol. The van der Waals surface area contributed by atoms with E-state index in [1.165, 1.54) is 25.3 Å². The lowest BCUT2D eigenvalue weighted by atomic mass is 9.93. The number of H-pyrrole nitrogens is 3. The molecular formula is C65H63F3N16O7. The van der Waals surface area contributed by atoms with Crippen LogP contribution in [0.3, 0.4) is 0 Å². The average molecular weight is 1240 g/mol. The van der Waals surface area contributed by atoms with E-state index in [1.54, 1.807) is 39.3 Å². The minimum absolute atomic E-state index is 0.00651. The molecule has 6 aromatic carbocycles. The van der Waals surface area contributed by atoms with Crippen LogP contribution >= 0.6 is 0 Å². The Labute approximate surface area is 518 Å². The number of hydrogen-bond acceptors (Lipinski definition) is 20. The summed E-state index contributed by atoms with van der Waals surface area (Å²) < 4.78 is 65.4. The highest BCUT2D eigenvalue weighted by Gasteiger charge is 2.26. The van der Waals surface area contributed by atoms with Crippen molar-refractivity contribution < 1.29 is 47.4 Å². The number of halogens is 3. The molecule has 0 unspecified atom stereocenters. The molecule has 0 radical (unpaired) electrons. The molecule has 91 heavy (non-hydrogen) atoms. The Morgan fingerprint density at radius 2 is 0.890 bits per heavy atom. The molecule has 23 nitrogen and oxygen atoms in total. The molecule has 1 fully saturated rings. The molecule has 466 valence electrons. The molecule has 1 aliphatic carbocycles. The van der Waals surface area contributed by atoms with Crippen LogP contribution in [0.4, 0.5) is 82.6 Å². The maximum atomic E-state index is 14.6. The van der Waals surface area contributed by atoms with E-state index in [2.05, 4.69) is 76.8 Å². The summed E-state index contributed by atoms with van der Waals surface area (Å²) in [5.41, 5.74) is 14.0. The van der Waals surface area contributed by atoms with Crippen molar-refractivity contribution in [2.45, 2.75) is 51.7 Å². The van der Waals surface area contributed by atoms with Crippen molar-refractivity contribution in [2.75, 3.05) is 53.2 Å². The first-order valence-corrected chi connectivity index (χ1v) is 28.6. The summed E-state index contributed by atoms with van der Waals surface area (Å²) in [6.45, 7) is 3.57. The van der Waals surface area contributed by atoms with Gasteiger partial charge in [0.05, 0.1) is 74.0 Å². The number of nitrogens with zero attached hydrogens (tertiary/aromatic N) is 6. The van der Waals surface area contributed by atoms with Gasteiger partial charge in [-0.1, -0.05) is 18.2 Å². The van der Waals surface area contributed by atoms with Crippen LogP contribution in [0.15, 0.2) is 146 Å². The maximum Gasteiger partial charge on any atom is 0.229 e. The highest BCUT2D eigenvalue weighted by Crippen LogP contribution is 2.45. The minimum atomic E-state index is -0.691. The normalized spacial score (nSPS) is 13.5. The molecule has 0 saturated heterocycles. The molecule has 0 bridgehead atoms. The van der Waals surface area contributed by atoms with E-state index >= 15 is 0 Å². The Morgan fingerprint density at radius 3 is 1.32 bits per heavy atom. The third-order valence-corrected chi connectivity index (χ3v) is 14.9. The zero-order valence-electron chi connectivity index (χ0n) is 49.7. The fraction of sp³-hybridized carbons (Fsp3) is 0.169. The zero-order valence-corrected chi connectivity index (χ0v) is 49.7. The zero-order chi connectivity index (χ0) is 63.7. The predicted molar refractivity (Wildman–Crippen MR) is 345 cm³/mol. The van der Waals surface area contributed by atoms with Crippen molar-refractivity contribution in [3.63, 3.8) is 0 Å². The number of phenolic OH excluding ortho intramolecular Hbond substituents is 3. The molecule has 6 heterocycles. The van der Waals surface area contributed by atoms with Crippen LogP contribution in [-0.4, -0.2) is 93.7 Å². The second-order valence-electron chi connectivity index (χ2n) is 20.9. The number of nitrogens with two attached hydrogens (primary N) is 1. The Kier molecular flexibility index (Phi) is 18.2. The standard InChI is InChI=1S/C24H25FN6O3.C21H20FN5O2.C20H18FN5O2/c25-16-12-28-24(30-18-6-2-5-17-15(18)9-10-27-17)31-23(16)29-19-7-8-20(32)21(33)22(19)34-14-4-1-3-13(26)11-14;1-12-18(28-2)8-7-17(19(12)29-3)25-20-14(22)11-24-21(27-20)26-16-6-4-5-15-13(16)9-10-23-15;1-11-17(27)7-6-16(18(11)28-2)24-19-13(21)10-23-20(26-19)25-15-5-3-4-14-12(15)8-9-22-14/h2,5-10,12-14,27,32-33H,1,3-4,11,26H2,(H2,28,29,30,31);4-11,23H,1-3H3,(H2,24,25,26,27);3-10,22,27H,1-2H3,(H2,23,24,25,26)/t13-,14+;;/m0../s1. The number of aromatic hydroxyl groups is 3. The number of benzene rings is 6. The molecule has 0 amide bonds. The van der Waals surface area contributed by atoms with E-state index in [1.807, 2.05) is 98.3 Å². The molecule has 13 rings (SSSR count). The van der Waals surface area contributed by atoms with Crippen LogP contribution in [0.25, 0.3) is 32.7 Å². The molecule has 0 spiro atoms. The van der Waals surface area contributed by atoms with Gasteiger partial charge in [-0.15, -0.1) is 0 Å². The van der Waals surface area contributed by atoms with E-state index < -0.39 is 23.2 Å². The first-order chi connectivity index (χ1) is 44.1. The fourth-order valence-electron chi connectivity index (χ4n) is 10.4. The molecule has 26 heteroatoms. The molecule has 1 saturated carbocycles. The van der Waals surface area contributed by atoms with Crippen molar-refractivity contribution in [3.05, 3.63) is 175 Å². The summed E-state index contributed by atoms with van der Waals surface area (Å²) in [5.74, 6) is -0.315. The molecule has 2 atom stereocenters. The number of hydrogen-bond donors (Lipinski definition) is 13. The van der Waals surface area contributed by atoms with Crippen molar-refractivity contribution in [2.24, 2.45) is 5.73 Å². The number of rotatable bonds is 17. The van der Waals surface area contributed by atoms with Crippen molar-refractivity contribution in [1.29, 1.82) is 0 Å². The number of aromatic amines is 3. The highest BCUT2D eigenvalue weighted by molar-refractivity contribution is 5.95. The Morgan fingerprint density at radius 1 is 0.473 bits per heavy atom. The maximum absolute atomic E-state index is 14.6. The summed E-state index contributed by atoms with van der Waals surface area (Å²) in [6.07, 6.45) is 11.8. The highest BCUT2D eigenvalue weighted by atomic mass is 19.1. The number of fused-ring (bicyclic) bond motifs is 3. The number of phenols is 3. The lowest BCUT2D eigenvalue weighted by Crippen LogP contribution is -2.33. The van der Waals surface area contributed by atoms with Crippen molar-refractivity contribution in [3.8, 4) is 40.2 Å². The summed E-state index contributed by atoms with van der Waals surface area (Å²) in [4.78, 5) is 34.3. The first kappa shape index (κ1) is 61.0. The number of aromatic nitrogens is 9. The third-order valence-electron chi connectivity index (χ3n) is 14.9. The van der Waals surface area contributed by atoms with Crippen LogP contribution in [0.1, 0.15) is 36.8 Å². The van der Waals surface area contributed by atoms with Gasteiger partial charge in [-0.25, -0.2) is 28.1 Å².